The summed E-state index contributed by atoms with van der Waals surface area (Å²) in [6, 6.07) is 4.65. The highest BCUT2D eigenvalue weighted by Gasteiger charge is 2.19. The average molecular weight is 262 g/mol. The minimum Gasteiger partial charge on any atom is -0.508 e. The van der Waals surface area contributed by atoms with E-state index < -0.39 is 12.2 Å². The monoisotopic (exact) mass is 261 g/mol. The lowest BCUT2D eigenvalue weighted by molar-refractivity contribution is 0.0229. The second kappa shape index (κ2) is 4.75. The van der Waals surface area contributed by atoms with Gasteiger partial charge in [-0.3, -0.25) is 0 Å². The van der Waals surface area contributed by atoms with E-state index in [1.54, 1.807) is 6.07 Å². The summed E-state index contributed by atoms with van der Waals surface area (Å²) in [6.07, 6.45) is -2.23. The largest absolute Gasteiger partial charge is 0.508 e. The summed E-state index contributed by atoms with van der Waals surface area (Å²) in [6.45, 7) is -0.0589. The van der Waals surface area contributed by atoms with Crippen LogP contribution in [0, 0.1) is 0 Å². The van der Waals surface area contributed by atoms with Gasteiger partial charge in [0.05, 0.1) is 6.10 Å². The van der Waals surface area contributed by atoms with Crippen LogP contribution in [0.5, 0.6) is 5.75 Å². The smallest absolute Gasteiger partial charge is 0.122 e. The molecule has 0 amide bonds. The van der Waals surface area contributed by atoms with E-state index >= 15 is 0 Å². The molecule has 0 aliphatic carbocycles. The van der Waals surface area contributed by atoms with Crippen LogP contribution < -0.4 is 5.73 Å². The first-order valence-electron chi connectivity index (χ1n) is 4.11. The average Bonchev–Trinajstić information content (AvgIpc) is 2.15. The van der Waals surface area contributed by atoms with Crippen molar-refractivity contribution < 1.29 is 15.3 Å². The number of phenolic OH excluding ortho intramolecular Hbond substituents is 1. The molecule has 1 rings (SSSR count). The molecule has 1 aromatic rings. The summed E-state index contributed by atoms with van der Waals surface area (Å²) in [5, 5.41) is 28.3. The number of benzene rings is 1. The molecule has 0 aliphatic heterocycles. The first-order chi connectivity index (χ1) is 6.56. The van der Waals surface area contributed by atoms with E-state index in [0.717, 1.165) is 0 Å². The number of aromatic hydroxyl groups is 1. The highest BCUT2D eigenvalue weighted by atomic mass is 79.9. The first kappa shape index (κ1) is 11.5. The Bertz CT molecular complexity index is 319. The van der Waals surface area contributed by atoms with Gasteiger partial charge >= 0.3 is 0 Å². The Morgan fingerprint density at radius 1 is 1.36 bits per heavy atom. The zero-order valence-electron chi connectivity index (χ0n) is 7.39. The van der Waals surface area contributed by atoms with Gasteiger partial charge in [0.25, 0.3) is 0 Å². The number of hydrogen-bond donors (Lipinski definition) is 4. The van der Waals surface area contributed by atoms with E-state index in [1.807, 2.05) is 0 Å². The topological polar surface area (TPSA) is 86.7 Å². The molecule has 2 unspecified atom stereocenters. The van der Waals surface area contributed by atoms with Gasteiger partial charge in [0.1, 0.15) is 11.9 Å². The number of halogens is 1. The number of aliphatic hydroxyl groups excluding tert-OH is 2. The third-order valence-corrected chi connectivity index (χ3v) is 2.41. The second-order valence-corrected chi connectivity index (χ2v) is 3.87. The molecular formula is C9H12BrNO3. The molecule has 0 radical (unpaired) electrons. The Kier molecular flexibility index (Phi) is 3.88. The zero-order chi connectivity index (χ0) is 10.7. The van der Waals surface area contributed by atoms with Crippen molar-refractivity contribution in [1.29, 1.82) is 0 Å². The molecule has 0 bridgehead atoms. The molecule has 5 heteroatoms. The molecule has 5 N–H and O–H groups in total. The predicted molar refractivity (Wildman–Crippen MR) is 55.8 cm³/mol. The molecule has 14 heavy (non-hydrogen) atoms. The highest BCUT2D eigenvalue weighted by molar-refractivity contribution is 9.10. The van der Waals surface area contributed by atoms with Crippen LogP contribution in [0.4, 0.5) is 0 Å². The summed E-state index contributed by atoms with van der Waals surface area (Å²) >= 11 is 3.17. The summed E-state index contributed by atoms with van der Waals surface area (Å²) in [7, 11) is 0. The maximum absolute atomic E-state index is 9.56. The van der Waals surface area contributed by atoms with Gasteiger partial charge in [0.15, 0.2) is 0 Å². The van der Waals surface area contributed by atoms with Gasteiger partial charge in [-0.1, -0.05) is 22.0 Å². The van der Waals surface area contributed by atoms with E-state index in [2.05, 4.69) is 15.9 Å². The van der Waals surface area contributed by atoms with Crippen molar-refractivity contribution in [1.82, 2.24) is 0 Å². The van der Waals surface area contributed by atoms with E-state index in [9.17, 15) is 15.3 Å². The molecule has 0 aromatic heterocycles. The minimum atomic E-state index is -1.16. The molecule has 1 aromatic carbocycles. The molecule has 4 nitrogen and oxygen atoms in total. The zero-order valence-corrected chi connectivity index (χ0v) is 8.98. The van der Waals surface area contributed by atoms with E-state index in [0.29, 0.717) is 4.47 Å². The molecule has 0 spiro atoms. The molecule has 0 saturated carbocycles. The number of rotatable bonds is 3. The maximum Gasteiger partial charge on any atom is 0.122 e. The van der Waals surface area contributed by atoms with Crippen LogP contribution in [0.2, 0.25) is 0 Å². The molecule has 0 heterocycles. The van der Waals surface area contributed by atoms with Crippen LogP contribution in [-0.2, 0) is 0 Å². The number of aliphatic hydroxyl groups is 2. The Morgan fingerprint density at radius 3 is 2.50 bits per heavy atom. The Labute approximate surface area is 90.1 Å². The van der Waals surface area contributed by atoms with Gasteiger partial charge in [0, 0.05) is 16.6 Å². The number of hydrogen-bond acceptors (Lipinski definition) is 4. The van der Waals surface area contributed by atoms with Gasteiger partial charge in [0.2, 0.25) is 0 Å². The lowest BCUT2D eigenvalue weighted by atomic mass is 10.0. The number of phenols is 1. The Balaban J connectivity index is 2.95. The van der Waals surface area contributed by atoms with Gasteiger partial charge in [-0.15, -0.1) is 0 Å². The summed E-state index contributed by atoms with van der Waals surface area (Å²) in [5.74, 6) is -0.0700. The van der Waals surface area contributed by atoms with Gasteiger partial charge < -0.3 is 21.1 Å². The molecule has 78 valence electrons. The van der Waals surface area contributed by atoms with E-state index in [4.69, 9.17) is 5.73 Å². The second-order valence-electron chi connectivity index (χ2n) is 2.95. The lowest BCUT2D eigenvalue weighted by Gasteiger charge is -2.17. The lowest BCUT2D eigenvalue weighted by Crippen LogP contribution is -2.27. The van der Waals surface area contributed by atoms with Crippen LogP contribution in [0.25, 0.3) is 0 Å². The van der Waals surface area contributed by atoms with Crippen LogP contribution in [0.15, 0.2) is 22.7 Å². The third-order valence-electron chi connectivity index (χ3n) is 1.92. The van der Waals surface area contributed by atoms with Crippen molar-refractivity contribution in [2.24, 2.45) is 5.73 Å². The predicted octanol–water partition coefficient (Wildman–Crippen LogP) is 0.508. The van der Waals surface area contributed by atoms with Crippen LogP contribution in [-0.4, -0.2) is 28.0 Å². The van der Waals surface area contributed by atoms with E-state index in [-0.39, 0.29) is 17.9 Å². The standard InChI is InChI=1S/C9H12BrNO3/c10-5-1-2-6(7(12)3-5)9(14)8(13)4-11/h1-3,8-9,12-14H,4,11H2. The molecular weight excluding hydrogens is 250 g/mol. The summed E-state index contributed by atoms with van der Waals surface area (Å²) in [5.41, 5.74) is 5.46. The van der Waals surface area contributed by atoms with Gasteiger partial charge in [-0.05, 0) is 12.1 Å². The Hall–Kier alpha value is -0.620. The maximum atomic E-state index is 9.56. The SMILES string of the molecule is NCC(O)C(O)c1ccc(Br)cc1O. The molecule has 0 saturated heterocycles. The normalized spacial score (nSPS) is 15.1. The fourth-order valence-electron chi connectivity index (χ4n) is 1.10. The van der Waals surface area contributed by atoms with Crippen LogP contribution in [0.3, 0.4) is 0 Å². The molecule has 2 atom stereocenters. The quantitative estimate of drug-likeness (QED) is 0.639. The van der Waals surface area contributed by atoms with Crippen molar-refractivity contribution in [2.75, 3.05) is 6.54 Å². The summed E-state index contributed by atoms with van der Waals surface area (Å²) in [4.78, 5) is 0. The molecule has 0 aliphatic rings. The fourth-order valence-corrected chi connectivity index (χ4v) is 1.45. The van der Waals surface area contributed by atoms with Crippen molar-refractivity contribution in [3.8, 4) is 5.75 Å². The minimum absolute atomic E-state index is 0.0589. The fraction of sp³-hybridized carbons (Fsp3) is 0.333. The van der Waals surface area contributed by atoms with Crippen LogP contribution in [0.1, 0.15) is 11.7 Å². The van der Waals surface area contributed by atoms with Crippen molar-refractivity contribution in [3.05, 3.63) is 28.2 Å². The van der Waals surface area contributed by atoms with Gasteiger partial charge in [-0.2, -0.15) is 0 Å². The van der Waals surface area contributed by atoms with Gasteiger partial charge in [-0.25, -0.2) is 0 Å². The Morgan fingerprint density at radius 2 is 2.00 bits per heavy atom. The van der Waals surface area contributed by atoms with Crippen molar-refractivity contribution in [2.45, 2.75) is 12.2 Å². The number of nitrogens with two attached hydrogens (primary N) is 1. The van der Waals surface area contributed by atoms with Crippen molar-refractivity contribution in [3.63, 3.8) is 0 Å². The molecule has 0 fully saturated rings. The van der Waals surface area contributed by atoms with E-state index in [1.165, 1.54) is 12.1 Å². The van der Waals surface area contributed by atoms with Crippen LogP contribution >= 0.6 is 15.9 Å². The third kappa shape index (κ3) is 2.45. The first-order valence-corrected chi connectivity index (χ1v) is 4.90. The summed E-state index contributed by atoms with van der Waals surface area (Å²) < 4.78 is 0.702. The van der Waals surface area contributed by atoms with Crippen molar-refractivity contribution >= 4 is 15.9 Å². The highest BCUT2D eigenvalue weighted by Crippen LogP contribution is 2.28.